The van der Waals surface area contributed by atoms with Crippen molar-refractivity contribution in [3.05, 3.63) is 29.3 Å². The first kappa shape index (κ1) is 17.8. The summed E-state index contributed by atoms with van der Waals surface area (Å²) in [6.45, 7) is 2.72. The molecule has 0 saturated heterocycles. The van der Waals surface area contributed by atoms with Crippen molar-refractivity contribution in [1.29, 1.82) is 0 Å². The first-order valence-electron chi connectivity index (χ1n) is 7.35. The number of ether oxygens (including phenoxy) is 2. The molecular weight excluding hydrogens is 284 g/mol. The molecule has 22 heavy (non-hydrogen) atoms. The summed E-state index contributed by atoms with van der Waals surface area (Å²) < 4.78 is 10.5. The summed E-state index contributed by atoms with van der Waals surface area (Å²) in [5.74, 6) is 0.488. The Morgan fingerprint density at radius 2 is 2.00 bits per heavy atom. The van der Waals surface area contributed by atoms with E-state index in [2.05, 4.69) is 5.32 Å². The van der Waals surface area contributed by atoms with Gasteiger partial charge in [0.2, 0.25) is 0 Å². The Bertz CT molecular complexity index is 503. The highest BCUT2D eigenvalue weighted by atomic mass is 16.5. The molecule has 1 aromatic carbocycles. The van der Waals surface area contributed by atoms with Crippen molar-refractivity contribution in [3.63, 3.8) is 0 Å². The van der Waals surface area contributed by atoms with Gasteiger partial charge in [-0.05, 0) is 31.9 Å². The third-order valence-electron chi connectivity index (χ3n) is 3.18. The lowest BCUT2D eigenvalue weighted by Crippen LogP contribution is -2.29. The Kier molecular flexibility index (Phi) is 7.81. The van der Waals surface area contributed by atoms with Crippen LogP contribution in [0.25, 0.3) is 0 Å². The van der Waals surface area contributed by atoms with Crippen LogP contribution >= 0.6 is 0 Å². The van der Waals surface area contributed by atoms with Gasteiger partial charge in [-0.2, -0.15) is 0 Å². The molecule has 6 heteroatoms. The summed E-state index contributed by atoms with van der Waals surface area (Å²) in [5, 5.41) is 2.51. The molecule has 0 aliphatic heterocycles. The van der Waals surface area contributed by atoms with E-state index in [1.807, 2.05) is 25.1 Å². The van der Waals surface area contributed by atoms with Crippen LogP contribution in [0, 0.1) is 6.92 Å². The smallest absolute Gasteiger partial charge is 0.312 e. The van der Waals surface area contributed by atoms with E-state index in [1.54, 1.807) is 7.11 Å². The molecule has 1 rings (SSSR count). The highest BCUT2D eigenvalue weighted by Gasteiger charge is 2.07. The molecule has 0 atom stereocenters. The number of aryl methyl sites for hydroxylation is 1. The average molecular weight is 308 g/mol. The summed E-state index contributed by atoms with van der Waals surface area (Å²) >= 11 is 0. The zero-order valence-electron chi connectivity index (χ0n) is 13.2. The number of unbranched alkanes of at least 4 members (excludes halogenated alkanes) is 2. The first-order chi connectivity index (χ1) is 10.5. The topological polar surface area (TPSA) is 90.7 Å². The van der Waals surface area contributed by atoms with Crippen molar-refractivity contribution in [3.8, 4) is 5.75 Å². The average Bonchev–Trinajstić information content (AvgIpc) is 2.48. The predicted molar refractivity (Wildman–Crippen MR) is 83.6 cm³/mol. The Hall–Kier alpha value is -2.24. The number of urea groups is 1. The standard InChI is InChI=1S/C16H24N2O4/c1-12-7-8-14(21-2)13(10-12)11-22-15(19)6-4-3-5-9-18-16(17)20/h7-8,10H,3-6,9,11H2,1-2H3,(H3,17,18,20). The number of hydrogen-bond donors (Lipinski definition) is 2. The second-order valence-electron chi connectivity index (χ2n) is 5.08. The van der Waals surface area contributed by atoms with Crippen molar-refractivity contribution in [1.82, 2.24) is 5.32 Å². The predicted octanol–water partition coefficient (Wildman–Crippen LogP) is 2.28. The van der Waals surface area contributed by atoms with Crippen LogP contribution in [0.5, 0.6) is 5.75 Å². The van der Waals surface area contributed by atoms with Gasteiger partial charge in [-0.3, -0.25) is 4.79 Å². The van der Waals surface area contributed by atoms with Gasteiger partial charge in [0.25, 0.3) is 0 Å². The van der Waals surface area contributed by atoms with E-state index in [9.17, 15) is 9.59 Å². The van der Waals surface area contributed by atoms with E-state index in [-0.39, 0.29) is 12.6 Å². The SMILES string of the molecule is COc1ccc(C)cc1COC(=O)CCCCCNC(N)=O. The van der Waals surface area contributed by atoms with Crippen molar-refractivity contribution >= 4 is 12.0 Å². The van der Waals surface area contributed by atoms with Gasteiger partial charge in [0.15, 0.2) is 0 Å². The number of hydrogen-bond acceptors (Lipinski definition) is 4. The summed E-state index contributed by atoms with van der Waals surface area (Å²) in [7, 11) is 1.59. The highest BCUT2D eigenvalue weighted by Crippen LogP contribution is 2.20. The molecule has 0 unspecified atom stereocenters. The third kappa shape index (κ3) is 6.97. The maximum Gasteiger partial charge on any atom is 0.312 e. The summed E-state index contributed by atoms with van der Waals surface area (Å²) in [4.78, 5) is 22.2. The Morgan fingerprint density at radius 3 is 2.68 bits per heavy atom. The molecule has 3 N–H and O–H groups in total. The van der Waals surface area contributed by atoms with E-state index in [0.29, 0.717) is 13.0 Å². The number of methoxy groups -OCH3 is 1. The minimum Gasteiger partial charge on any atom is -0.496 e. The van der Waals surface area contributed by atoms with Gasteiger partial charge in [-0.25, -0.2) is 4.79 Å². The van der Waals surface area contributed by atoms with Gasteiger partial charge in [-0.1, -0.05) is 18.1 Å². The van der Waals surface area contributed by atoms with Crippen LogP contribution in [0.4, 0.5) is 4.79 Å². The molecule has 0 saturated carbocycles. The normalized spacial score (nSPS) is 10.1. The van der Waals surface area contributed by atoms with Crippen molar-refractivity contribution in [2.24, 2.45) is 5.73 Å². The summed E-state index contributed by atoms with van der Waals surface area (Å²) in [6, 6.07) is 5.24. The Labute approximate surface area is 131 Å². The fraction of sp³-hybridized carbons (Fsp3) is 0.500. The second kappa shape index (κ2) is 9.65. The minimum atomic E-state index is -0.522. The molecule has 0 radical (unpaired) electrons. The van der Waals surface area contributed by atoms with Crippen LogP contribution in [0.1, 0.15) is 36.8 Å². The molecule has 0 bridgehead atoms. The van der Waals surface area contributed by atoms with Crippen LogP contribution in [-0.4, -0.2) is 25.7 Å². The van der Waals surface area contributed by atoms with E-state index in [4.69, 9.17) is 15.2 Å². The molecule has 122 valence electrons. The number of rotatable bonds is 9. The van der Waals surface area contributed by atoms with E-state index in [1.165, 1.54) is 0 Å². The van der Waals surface area contributed by atoms with Gasteiger partial charge in [0.05, 0.1) is 7.11 Å². The monoisotopic (exact) mass is 308 g/mol. The van der Waals surface area contributed by atoms with Crippen molar-refractivity contribution in [2.75, 3.05) is 13.7 Å². The number of primary amides is 1. The second-order valence-corrected chi connectivity index (χ2v) is 5.08. The van der Waals surface area contributed by atoms with Gasteiger partial charge >= 0.3 is 12.0 Å². The Balaban J connectivity index is 2.23. The number of amides is 2. The molecule has 6 nitrogen and oxygen atoms in total. The molecule has 0 spiro atoms. The molecule has 2 amide bonds. The number of benzene rings is 1. The molecule has 0 heterocycles. The summed E-state index contributed by atoms with van der Waals surface area (Å²) in [6.07, 6.45) is 2.72. The number of carbonyl (C=O) groups is 2. The fourth-order valence-corrected chi connectivity index (χ4v) is 2.03. The van der Waals surface area contributed by atoms with E-state index < -0.39 is 6.03 Å². The van der Waals surface area contributed by atoms with Crippen LogP contribution < -0.4 is 15.8 Å². The van der Waals surface area contributed by atoms with Crippen molar-refractivity contribution < 1.29 is 19.1 Å². The zero-order chi connectivity index (χ0) is 16.4. The molecule has 0 aromatic heterocycles. The van der Waals surface area contributed by atoms with Gasteiger partial charge in [0, 0.05) is 18.5 Å². The Morgan fingerprint density at radius 1 is 1.23 bits per heavy atom. The lowest BCUT2D eigenvalue weighted by molar-refractivity contribution is -0.145. The minimum absolute atomic E-state index is 0.215. The fourth-order valence-electron chi connectivity index (χ4n) is 2.03. The maximum atomic E-state index is 11.7. The number of nitrogens with one attached hydrogen (secondary N) is 1. The molecule has 0 aliphatic rings. The lowest BCUT2D eigenvalue weighted by Gasteiger charge is -2.10. The molecule has 1 aromatic rings. The van der Waals surface area contributed by atoms with Gasteiger partial charge < -0.3 is 20.5 Å². The van der Waals surface area contributed by atoms with Crippen LogP contribution in [0.3, 0.4) is 0 Å². The van der Waals surface area contributed by atoms with Crippen LogP contribution in [0.2, 0.25) is 0 Å². The van der Waals surface area contributed by atoms with E-state index >= 15 is 0 Å². The van der Waals surface area contributed by atoms with Gasteiger partial charge in [0.1, 0.15) is 12.4 Å². The first-order valence-corrected chi connectivity index (χ1v) is 7.35. The van der Waals surface area contributed by atoms with Crippen molar-refractivity contribution in [2.45, 2.75) is 39.2 Å². The largest absolute Gasteiger partial charge is 0.496 e. The number of carbonyl (C=O) groups excluding carboxylic acids is 2. The lowest BCUT2D eigenvalue weighted by atomic mass is 10.1. The number of esters is 1. The molecular formula is C16H24N2O4. The quantitative estimate of drug-likeness (QED) is 0.541. The van der Waals surface area contributed by atoms with Crippen LogP contribution in [0.15, 0.2) is 18.2 Å². The van der Waals surface area contributed by atoms with E-state index in [0.717, 1.165) is 36.1 Å². The van der Waals surface area contributed by atoms with Crippen LogP contribution in [-0.2, 0) is 16.1 Å². The number of nitrogens with two attached hydrogens (primary N) is 1. The van der Waals surface area contributed by atoms with Gasteiger partial charge in [-0.15, -0.1) is 0 Å². The highest BCUT2D eigenvalue weighted by molar-refractivity contribution is 5.71. The molecule has 0 fully saturated rings. The summed E-state index contributed by atoms with van der Waals surface area (Å²) in [5.41, 5.74) is 6.90. The molecule has 0 aliphatic carbocycles. The maximum absolute atomic E-state index is 11.7. The zero-order valence-corrected chi connectivity index (χ0v) is 13.2. The third-order valence-corrected chi connectivity index (χ3v) is 3.18.